The van der Waals surface area contributed by atoms with Crippen molar-refractivity contribution in [3.8, 4) is 0 Å². The lowest BCUT2D eigenvalue weighted by Crippen LogP contribution is -2.42. The standard InChI is InChI=1S/C25H26N6O2/c1-3-18(17-5-6-26-20(17)4-1)23-28-21-19-13-16(15-30-7-2-8-30)14-27-25(19)33-22(21)24(29-23)31-9-11-32-12-10-31/h1,3-6,13-14,23,26,28H,2,7-12,15H2. The number of benzene rings is 1. The van der Waals surface area contributed by atoms with E-state index in [0.717, 1.165) is 66.5 Å². The lowest BCUT2D eigenvalue weighted by atomic mass is 10.1. The molecule has 1 aromatic carbocycles. The molecule has 0 amide bonds. The molecule has 33 heavy (non-hydrogen) atoms. The number of nitrogens with zero attached hydrogens (tertiary/aromatic N) is 4. The summed E-state index contributed by atoms with van der Waals surface area (Å²) < 4.78 is 11.9. The number of fused-ring (bicyclic) bond motifs is 4. The molecule has 4 aromatic rings. The second kappa shape index (κ2) is 7.60. The largest absolute Gasteiger partial charge is 0.432 e. The van der Waals surface area contributed by atoms with E-state index in [1.165, 1.54) is 17.4 Å². The number of rotatable bonds is 3. The van der Waals surface area contributed by atoms with Crippen molar-refractivity contribution in [2.24, 2.45) is 4.99 Å². The number of hydrogen-bond donors (Lipinski definition) is 2. The fourth-order valence-electron chi connectivity index (χ4n) is 5.06. The van der Waals surface area contributed by atoms with E-state index in [0.29, 0.717) is 18.9 Å². The van der Waals surface area contributed by atoms with Crippen LogP contribution in [0.3, 0.4) is 0 Å². The quantitative estimate of drug-likeness (QED) is 0.503. The third-order valence-electron chi connectivity index (χ3n) is 6.93. The second-order valence-electron chi connectivity index (χ2n) is 9.02. The van der Waals surface area contributed by atoms with E-state index in [-0.39, 0.29) is 6.17 Å². The van der Waals surface area contributed by atoms with Gasteiger partial charge in [0.1, 0.15) is 6.17 Å². The summed E-state index contributed by atoms with van der Waals surface area (Å²) in [6.45, 7) is 6.23. The Kier molecular flexibility index (Phi) is 4.41. The smallest absolute Gasteiger partial charge is 0.229 e. The van der Waals surface area contributed by atoms with Crippen LogP contribution in [-0.4, -0.2) is 65.0 Å². The fourth-order valence-corrected chi connectivity index (χ4v) is 5.06. The van der Waals surface area contributed by atoms with Crippen LogP contribution in [0.4, 0.5) is 5.69 Å². The number of anilines is 1. The van der Waals surface area contributed by atoms with Gasteiger partial charge in [-0.3, -0.25) is 4.90 Å². The minimum absolute atomic E-state index is 0.213. The van der Waals surface area contributed by atoms with Gasteiger partial charge in [0.25, 0.3) is 0 Å². The number of aromatic amines is 1. The number of nitrogens with one attached hydrogen (secondary N) is 2. The van der Waals surface area contributed by atoms with Crippen LogP contribution >= 0.6 is 0 Å². The van der Waals surface area contributed by atoms with Crippen molar-refractivity contribution in [1.82, 2.24) is 19.8 Å². The number of aliphatic imine (C=N–C) groups is 1. The number of morpholine rings is 1. The molecule has 168 valence electrons. The van der Waals surface area contributed by atoms with Crippen molar-refractivity contribution < 1.29 is 9.15 Å². The summed E-state index contributed by atoms with van der Waals surface area (Å²) in [5.74, 6) is 1.66. The van der Waals surface area contributed by atoms with Gasteiger partial charge in [0.05, 0.1) is 24.3 Å². The first-order valence-corrected chi connectivity index (χ1v) is 11.7. The average Bonchev–Trinajstić information content (AvgIpc) is 3.46. The van der Waals surface area contributed by atoms with Crippen LogP contribution in [0, 0.1) is 0 Å². The minimum atomic E-state index is -0.213. The average molecular weight is 443 g/mol. The number of furan rings is 1. The summed E-state index contributed by atoms with van der Waals surface area (Å²) in [6.07, 6.45) is 4.99. The van der Waals surface area contributed by atoms with E-state index in [4.69, 9.17) is 14.1 Å². The molecule has 3 aromatic heterocycles. The lowest BCUT2D eigenvalue weighted by molar-refractivity contribution is 0.0676. The monoisotopic (exact) mass is 442 g/mol. The number of ether oxygens (including phenoxy) is 1. The number of aromatic nitrogens is 2. The maximum absolute atomic E-state index is 6.31. The van der Waals surface area contributed by atoms with Gasteiger partial charge in [-0.15, -0.1) is 0 Å². The van der Waals surface area contributed by atoms with Crippen LogP contribution in [0.2, 0.25) is 0 Å². The van der Waals surface area contributed by atoms with Gasteiger partial charge in [-0.1, -0.05) is 12.1 Å². The predicted octanol–water partition coefficient (Wildman–Crippen LogP) is 3.72. The Labute approximate surface area is 191 Å². The van der Waals surface area contributed by atoms with Gasteiger partial charge in [0.2, 0.25) is 5.71 Å². The maximum atomic E-state index is 6.31. The molecular formula is C25H26N6O2. The highest BCUT2D eigenvalue weighted by molar-refractivity contribution is 6.09. The van der Waals surface area contributed by atoms with Crippen LogP contribution in [0.15, 0.2) is 52.1 Å². The molecule has 2 N–H and O–H groups in total. The third-order valence-corrected chi connectivity index (χ3v) is 6.93. The summed E-state index contributed by atoms with van der Waals surface area (Å²) in [4.78, 5) is 17.9. The third kappa shape index (κ3) is 3.20. The van der Waals surface area contributed by atoms with E-state index in [9.17, 15) is 0 Å². The predicted molar refractivity (Wildman–Crippen MR) is 127 cm³/mol. The van der Waals surface area contributed by atoms with Gasteiger partial charge in [-0.25, -0.2) is 9.98 Å². The summed E-state index contributed by atoms with van der Waals surface area (Å²) in [6, 6.07) is 10.7. The highest BCUT2D eigenvalue weighted by atomic mass is 16.5. The zero-order valence-corrected chi connectivity index (χ0v) is 18.4. The Morgan fingerprint density at radius 2 is 1.97 bits per heavy atom. The highest BCUT2D eigenvalue weighted by Gasteiger charge is 2.32. The molecule has 2 saturated heterocycles. The van der Waals surface area contributed by atoms with Gasteiger partial charge in [-0.05, 0) is 43.3 Å². The molecule has 8 nitrogen and oxygen atoms in total. The lowest BCUT2D eigenvalue weighted by Gasteiger charge is -2.33. The molecule has 3 aliphatic heterocycles. The van der Waals surface area contributed by atoms with Crippen molar-refractivity contribution >= 4 is 33.5 Å². The van der Waals surface area contributed by atoms with Crippen molar-refractivity contribution in [3.05, 3.63) is 59.6 Å². The van der Waals surface area contributed by atoms with Gasteiger partial charge < -0.3 is 24.4 Å². The van der Waals surface area contributed by atoms with Crippen LogP contribution in [0.1, 0.15) is 29.5 Å². The van der Waals surface area contributed by atoms with Crippen LogP contribution < -0.4 is 5.32 Å². The molecule has 7 rings (SSSR count). The molecule has 0 radical (unpaired) electrons. The molecule has 1 unspecified atom stereocenters. The van der Waals surface area contributed by atoms with Gasteiger partial charge >= 0.3 is 0 Å². The molecule has 6 heterocycles. The SMILES string of the molecule is c1cc(C2N=C(N3CCOCC3)c3oc4ncc(CN5CCC5)cc4c3N2)c2cc[nH]c2c1. The fraction of sp³-hybridized carbons (Fsp3) is 0.360. The molecule has 0 bridgehead atoms. The van der Waals surface area contributed by atoms with Crippen LogP contribution in [0.25, 0.3) is 22.0 Å². The van der Waals surface area contributed by atoms with Gasteiger partial charge in [0, 0.05) is 48.5 Å². The summed E-state index contributed by atoms with van der Waals surface area (Å²) in [5.41, 5.74) is 5.11. The Morgan fingerprint density at radius 1 is 1.06 bits per heavy atom. The molecule has 1 atom stereocenters. The van der Waals surface area contributed by atoms with Crippen LogP contribution in [-0.2, 0) is 11.3 Å². The van der Waals surface area contributed by atoms with Crippen molar-refractivity contribution in [2.45, 2.75) is 19.1 Å². The second-order valence-corrected chi connectivity index (χ2v) is 9.02. The Hall–Kier alpha value is -3.36. The summed E-state index contributed by atoms with van der Waals surface area (Å²) in [5, 5.41) is 5.89. The number of likely N-dealkylation sites (tertiary alicyclic amines) is 1. The van der Waals surface area contributed by atoms with E-state index >= 15 is 0 Å². The first-order chi connectivity index (χ1) is 16.3. The van der Waals surface area contributed by atoms with Crippen molar-refractivity contribution in [1.29, 1.82) is 0 Å². The minimum Gasteiger partial charge on any atom is -0.432 e. The molecule has 8 heteroatoms. The topological polar surface area (TPSA) is 81.9 Å². The van der Waals surface area contributed by atoms with E-state index in [2.05, 4.69) is 55.4 Å². The number of hydrogen-bond acceptors (Lipinski definition) is 7. The van der Waals surface area contributed by atoms with E-state index in [1.807, 2.05) is 12.4 Å². The Morgan fingerprint density at radius 3 is 2.82 bits per heavy atom. The molecule has 0 saturated carbocycles. The molecule has 2 fully saturated rings. The van der Waals surface area contributed by atoms with Crippen molar-refractivity contribution in [2.75, 3.05) is 44.7 Å². The highest BCUT2D eigenvalue weighted by Crippen LogP contribution is 2.40. The zero-order valence-electron chi connectivity index (χ0n) is 18.4. The molecule has 0 spiro atoms. The summed E-state index contributed by atoms with van der Waals surface area (Å²) in [7, 11) is 0. The number of H-pyrrole nitrogens is 1. The molecule has 0 aliphatic carbocycles. The first-order valence-electron chi connectivity index (χ1n) is 11.7. The molecular weight excluding hydrogens is 416 g/mol. The Balaban J connectivity index is 1.36. The summed E-state index contributed by atoms with van der Waals surface area (Å²) >= 11 is 0. The normalized spacial score (nSPS) is 21.0. The number of amidine groups is 1. The molecule has 3 aliphatic rings. The van der Waals surface area contributed by atoms with E-state index in [1.54, 1.807) is 0 Å². The van der Waals surface area contributed by atoms with Gasteiger partial charge in [-0.2, -0.15) is 0 Å². The Bertz CT molecular complexity index is 1360. The van der Waals surface area contributed by atoms with Crippen LogP contribution in [0.5, 0.6) is 0 Å². The van der Waals surface area contributed by atoms with Gasteiger partial charge in [0.15, 0.2) is 11.6 Å². The van der Waals surface area contributed by atoms with Crippen molar-refractivity contribution in [3.63, 3.8) is 0 Å². The number of pyridine rings is 1. The first kappa shape index (κ1) is 19.1. The zero-order chi connectivity index (χ0) is 21.8. The van der Waals surface area contributed by atoms with E-state index < -0.39 is 0 Å². The maximum Gasteiger partial charge on any atom is 0.229 e.